The van der Waals surface area contributed by atoms with E-state index in [1.54, 1.807) is 6.07 Å². The Morgan fingerprint density at radius 1 is 1.30 bits per heavy atom. The Hall–Kier alpha value is -1.94. The highest BCUT2D eigenvalue weighted by molar-refractivity contribution is 5.35. The molecule has 0 atom stereocenters. The summed E-state index contributed by atoms with van der Waals surface area (Å²) < 4.78 is 0. The second-order valence-electron chi connectivity index (χ2n) is 5.48. The van der Waals surface area contributed by atoms with E-state index in [1.165, 1.54) is 16.8 Å². The molecule has 1 aromatic heterocycles. The van der Waals surface area contributed by atoms with Gasteiger partial charge in [0.2, 0.25) is 0 Å². The molecule has 2 aromatic rings. The minimum absolute atomic E-state index is 0.376. The van der Waals surface area contributed by atoms with Gasteiger partial charge in [-0.1, -0.05) is 17.7 Å². The molecule has 4 nitrogen and oxygen atoms in total. The first kappa shape index (κ1) is 13.1. The van der Waals surface area contributed by atoms with Gasteiger partial charge in [0.05, 0.1) is 0 Å². The molecule has 1 N–H and O–H groups in total. The van der Waals surface area contributed by atoms with Crippen LogP contribution in [0.5, 0.6) is 5.75 Å². The standard InChI is InChI=1S/C16H19N3O/c1-11-3-4-16(20)13(7-11)9-19-6-5-15-14(10-19)8-17-12(2)18-15/h3-4,7-8,20H,5-6,9-10H2,1-2H3. The molecule has 1 aliphatic heterocycles. The van der Waals surface area contributed by atoms with Crippen LogP contribution in [-0.4, -0.2) is 26.5 Å². The van der Waals surface area contributed by atoms with E-state index in [0.717, 1.165) is 37.4 Å². The smallest absolute Gasteiger partial charge is 0.125 e. The number of benzene rings is 1. The van der Waals surface area contributed by atoms with Crippen LogP contribution in [0.2, 0.25) is 0 Å². The van der Waals surface area contributed by atoms with Crippen LogP contribution in [0.4, 0.5) is 0 Å². The first-order valence-corrected chi connectivity index (χ1v) is 6.94. The predicted octanol–water partition coefficient (Wildman–Crippen LogP) is 2.36. The molecule has 0 radical (unpaired) electrons. The van der Waals surface area contributed by atoms with Crippen LogP contribution in [0.15, 0.2) is 24.4 Å². The number of nitrogens with zero attached hydrogens (tertiary/aromatic N) is 3. The summed E-state index contributed by atoms with van der Waals surface area (Å²) >= 11 is 0. The van der Waals surface area contributed by atoms with Crippen LogP contribution in [0.3, 0.4) is 0 Å². The molecule has 1 aliphatic rings. The summed E-state index contributed by atoms with van der Waals surface area (Å²) in [6, 6.07) is 5.76. The number of aryl methyl sites for hydroxylation is 2. The summed E-state index contributed by atoms with van der Waals surface area (Å²) in [6.45, 7) is 6.56. The second kappa shape index (κ2) is 5.21. The van der Waals surface area contributed by atoms with Crippen molar-refractivity contribution in [3.05, 3.63) is 52.6 Å². The highest BCUT2D eigenvalue weighted by atomic mass is 16.3. The molecule has 104 valence electrons. The maximum atomic E-state index is 9.95. The van der Waals surface area contributed by atoms with Crippen molar-refractivity contribution < 1.29 is 5.11 Å². The zero-order valence-corrected chi connectivity index (χ0v) is 11.9. The largest absolute Gasteiger partial charge is 0.508 e. The number of aromatic hydroxyl groups is 1. The van der Waals surface area contributed by atoms with Gasteiger partial charge in [0.1, 0.15) is 11.6 Å². The third-order valence-electron chi connectivity index (χ3n) is 3.76. The molecule has 0 fully saturated rings. The first-order valence-electron chi connectivity index (χ1n) is 6.94. The van der Waals surface area contributed by atoms with Crippen molar-refractivity contribution in [3.63, 3.8) is 0 Å². The number of phenols is 1. The summed E-state index contributed by atoms with van der Waals surface area (Å²) in [5.41, 5.74) is 4.53. The number of fused-ring (bicyclic) bond motifs is 1. The summed E-state index contributed by atoms with van der Waals surface area (Å²) in [4.78, 5) is 11.1. The summed E-state index contributed by atoms with van der Waals surface area (Å²) in [7, 11) is 0. The van der Waals surface area contributed by atoms with Crippen LogP contribution in [0.25, 0.3) is 0 Å². The number of phenolic OH excluding ortho intramolecular Hbond substituents is 1. The maximum absolute atomic E-state index is 9.95. The molecule has 20 heavy (non-hydrogen) atoms. The third kappa shape index (κ3) is 2.65. The van der Waals surface area contributed by atoms with Gasteiger partial charge in [0, 0.05) is 49.1 Å². The molecule has 0 saturated carbocycles. The molecule has 0 saturated heterocycles. The lowest BCUT2D eigenvalue weighted by atomic mass is 10.1. The Kier molecular flexibility index (Phi) is 3.40. The Bertz CT molecular complexity index is 640. The lowest BCUT2D eigenvalue weighted by molar-refractivity contribution is 0.239. The van der Waals surface area contributed by atoms with E-state index >= 15 is 0 Å². The molecular weight excluding hydrogens is 250 g/mol. The topological polar surface area (TPSA) is 49.2 Å². The normalized spacial score (nSPS) is 15.1. The highest BCUT2D eigenvalue weighted by Gasteiger charge is 2.18. The minimum atomic E-state index is 0.376. The molecule has 4 heteroatoms. The van der Waals surface area contributed by atoms with E-state index in [2.05, 4.69) is 20.9 Å². The average molecular weight is 269 g/mol. The highest BCUT2D eigenvalue weighted by Crippen LogP contribution is 2.23. The summed E-state index contributed by atoms with van der Waals surface area (Å²) in [5, 5.41) is 9.95. The van der Waals surface area contributed by atoms with Crippen molar-refractivity contribution in [1.29, 1.82) is 0 Å². The molecule has 0 bridgehead atoms. The predicted molar refractivity (Wildman–Crippen MR) is 77.4 cm³/mol. The van der Waals surface area contributed by atoms with Crippen LogP contribution < -0.4 is 0 Å². The van der Waals surface area contributed by atoms with Gasteiger partial charge in [-0.2, -0.15) is 0 Å². The molecule has 3 rings (SSSR count). The van der Waals surface area contributed by atoms with Gasteiger partial charge in [-0.25, -0.2) is 9.97 Å². The van der Waals surface area contributed by atoms with Crippen molar-refractivity contribution in [2.24, 2.45) is 0 Å². The molecule has 1 aromatic carbocycles. The van der Waals surface area contributed by atoms with Crippen molar-refractivity contribution in [1.82, 2.24) is 14.9 Å². The lowest BCUT2D eigenvalue weighted by Gasteiger charge is -2.28. The molecule has 0 amide bonds. The van der Waals surface area contributed by atoms with E-state index in [-0.39, 0.29) is 0 Å². The van der Waals surface area contributed by atoms with E-state index < -0.39 is 0 Å². The molecule has 0 spiro atoms. The molecular formula is C16H19N3O. The SMILES string of the molecule is Cc1ccc(O)c(CN2CCc3nc(C)ncc3C2)c1. The van der Waals surface area contributed by atoms with E-state index in [9.17, 15) is 5.11 Å². The Balaban J connectivity index is 1.77. The second-order valence-corrected chi connectivity index (χ2v) is 5.48. The van der Waals surface area contributed by atoms with Crippen LogP contribution >= 0.6 is 0 Å². The van der Waals surface area contributed by atoms with E-state index in [0.29, 0.717) is 5.75 Å². The van der Waals surface area contributed by atoms with E-state index in [1.807, 2.05) is 26.1 Å². The van der Waals surface area contributed by atoms with Crippen molar-refractivity contribution >= 4 is 0 Å². The zero-order valence-electron chi connectivity index (χ0n) is 11.9. The van der Waals surface area contributed by atoms with Crippen molar-refractivity contribution in [3.8, 4) is 5.75 Å². The minimum Gasteiger partial charge on any atom is -0.508 e. The molecule has 2 heterocycles. The number of rotatable bonds is 2. The number of aromatic nitrogens is 2. The fourth-order valence-corrected chi connectivity index (χ4v) is 2.69. The van der Waals surface area contributed by atoms with Gasteiger partial charge in [0.25, 0.3) is 0 Å². The number of hydrogen-bond acceptors (Lipinski definition) is 4. The van der Waals surface area contributed by atoms with Crippen molar-refractivity contribution in [2.45, 2.75) is 33.4 Å². The van der Waals surface area contributed by atoms with Gasteiger partial charge >= 0.3 is 0 Å². The monoisotopic (exact) mass is 269 g/mol. The summed E-state index contributed by atoms with van der Waals surface area (Å²) in [6.07, 6.45) is 2.88. The maximum Gasteiger partial charge on any atom is 0.125 e. The Morgan fingerprint density at radius 2 is 2.15 bits per heavy atom. The first-order chi connectivity index (χ1) is 9.61. The lowest BCUT2D eigenvalue weighted by Crippen LogP contribution is -2.31. The van der Waals surface area contributed by atoms with Gasteiger partial charge in [-0.3, -0.25) is 4.90 Å². The average Bonchev–Trinajstić information content (AvgIpc) is 2.43. The van der Waals surface area contributed by atoms with Crippen LogP contribution in [0, 0.1) is 13.8 Å². The van der Waals surface area contributed by atoms with Gasteiger partial charge in [-0.05, 0) is 19.9 Å². The number of hydrogen-bond donors (Lipinski definition) is 1. The van der Waals surface area contributed by atoms with Crippen LogP contribution in [-0.2, 0) is 19.5 Å². The molecule has 0 aliphatic carbocycles. The van der Waals surface area contributed by atoms with Gasteiger partial charge < -0.3 is 5.11 Å². The quantitative estimate of drug-likeness (QED) is 0.909. The molecule has 0 unspecified atom stereocenters. The fourth-order valence-electron chi connectivity index (χ4n) is 2.69. The summed E-state index contributed by atoms with van der Waals surface area (Å²) in [5.74, 6) is 1.22. The van der Waals surface area contributed by atoms with Crippen LogP contribution in [0.1, 0.15) is 28.2 Å². The third-order valence-corrected chi connectivity index (χ3v) is 3.76. The Labute approximate surface area is 119 Å². The Morgan fingerprint density at radius 3 is 3.00 bits per heavy atom. The van der Waals surface area contributed by atoms with Crippen molar-refractivity contribution in [2.75, 3.05) is 6.54 Å². The van der Waals surface area contributed by atoms with Gasteiger partial charge in [0.15, 0.2) is 0 Å². The van der Waals surface area contributed by atoms with E-state index in [4.69, 9.17) is 0 Å². The van der Waals surface area contributed by atoms with Gasteiger partial charge in [-0.15, -0.1) is 0 Å². The zero-order chi connectivity index (χ0) is 14.1. The fraction of sp³-hybridized carbons (Fsp3) is 0.375.